The highest BCUT2D eigenvalue weighted by molar-refractivity contribution is 5.93. The fourth-order valence-electron chi connectivity index (χ4n) is 3.86. The van der Waals surface area contributed by atoms with Crippen molar-refractivity contribution < 1.29 is 19.4 Å². The summed E-state index contributed by atoms with van der Waals surface area (Å²) >= 11 is 0. The zero-order valence-corrected chi connectivity index (χ0v) is 17.6. The molecule has 4 heteroatoms. The minimum Gasteiger partial charge on any atom is -0.507 e. The second kappa shape index (κ2) is 6.26. The zero-order valence-electron chi connectivity index (χ0n) is 17.6. The van der Waals surface area contributed by atoms with Crippen molar-refractivity contribution in [1.82, 2.24) is 0 Å². The molecule has 0 saturated heterocycles. The van der Waals surface area contributed by atoms with Crippen molar-refractivity contribution >= 4 is 5.97 Å². The predicted octanol–water partition coefficient (Wildman–Crippen LogP) is 5.32. The first kappa shape index (κ1) is 20.2. The van der Waals surface area contributed by atoms with Crippen LogP contribution in [0.1, 0.15) is 41.5 Å². The number of rotatable bonds is 4. The van der Waals surface area contributed by atoms with Gasteiger partial charge in [-0.3, -0.25) is 0 Å². The summed E-state index contributed by atoms with van der Waals surface area (Å²) in [6.07, 6.45) is 8.49. The molecule has 0 fully saturated rings. The van der Waals surface area contributed by atoms with Gasteiger partial charge >= 0.3 is 5.97 Å². The number of ether oxygens (including phenoxy) is 2. The first-order chi connectivity index (χ1) is 12.8. The Hall–Kier alpha value is -2.49. The van der Waals surface area contributed by atoms with E-state index < -0.39 is 28.5 Å². The van der Waals surface area contributed by atoms with Gasteiger partial charge in [0.15, 0.2) is 0 Å². The summed E-state index contributed by atoms with van der Waals surface area (Å²) in [6.45, 7) is 19.6. The van der Waals surface area contributed by atoms with Gasteiger partial charge in [-0.05, 0) is 37.5 Å². The Morgan fingerprint density at radius 1 is 1.18 bits per heavy atom. The molecule has 0 aromatic heterocycles. The van der Waals surface area contributed by atoms with Gasteiger partial charge in [-0.15, -0.1) is 13.2 Å². The smallest absolute Gasteiger partial charge is 0.335 e. The summed E-state index contributed by atoms with van der Waals surface area (Å²) in [4.78, 5) is 12.9. The molecule has 0 spiro atoms. The zero-order chi connectivity index (χ0) is 21.1. The Labute approximate surface area is 167 Å². The first-order valence-electron chi connectivity index (χ1n) is 9.61. The van der Waals surface area contributed by atoms with E-state index in [-0.39, 0.29) is 11.7 Å². The molecular formula is C24H30O4. The second-order valence-electron chi connectivity index (χ2n) is 9.43. The molecule has 1 aliphatic carbocycles. The van der Waals surface area contributed by atoms with E-state index in [9.17, 15) is 9.90 Å². The van der Waals surface area contributed by atoms with Crippen LogP contribution in [0.5, 0.6) is 0 Å². The van der Waals surface area contributed by atoms with Crippen molar-refractivity contribution in [2.45, 2.75) is 53.2 Å². The third-order valence-electron chi connectivity index (χ3n) is 6.00. The Morgan fingerprint density at radius 2 is 1.82 bits per heavy atom. The van der Waals surface area contributed by atoms with E-state index in [0.717, 1.165) is 0 Å². The third kappa shape index (κ3) is 3.05. The number of carbonyl (C=O) groups is 1. The van der Waals surface area contributed by atoms with Crippen LogP contribution in [0, 0.1) is 16.7 Å². The lowest BCUT2D eigenvalue weighted by Gasteiger charge is -2.46. The van der Waals surface area contributed by atoms with Gasteiger partial charge in [0, 0.05) is 16.6 Å². The molecule has 0 radical (unpaired) electrons. The van der Waals surface area contributed by atoms with Crippen molar-refractivity contribution in [3.05, 3.63) is 71.8 Å². The number of esters is 1. The van der Waals surface area contributed by atoms with Crippen LogP contribution in [-0.2, 0) is 14.3 Å². The van der Waals surface area contributed by atoms with E-state index >= 15 is 0 Å². The fraction of sp³-hybridized carbons (Fsp3) is 0.458. The van der Waals surface area contributed by atoms with Gasteiger partial charge < -0.3 is 14.6 Å². The first-order valence-corrected chi connectivity index (χ1v) is 9.61. The van der Waals surface area contributed by atoms with Crippen LogP contribution in [0.15, 0.2) is 71.8 Å². The monoisotopic (exact) mass is 382 g/mol. The van der Waals surface area contributed by atoms with Gasteiger partial charge in [0.25, 0.3) is 0 Å². The van der Waals surface area contributed by atoms with Crippen LogP contribution >= 0.6 is 0 Å². The molecule has 2 aliphatic heterocycles. The van der Waals surface area contributed by atoms with Gasteiger partial charge in [-0.1, -0.05) is 39.8 Å². The Balaban J connectivity index is 2.27. The van der Waals surface area contributed by atoms with Crippen LogP contribution in [0.25, 0.3) is 0 Å². The average Bonchev–Trinajstić information content (AvgIpc) is 2.60. The van der Waals surface area contributed by atoms with Crippen LogP contribution in [0.3, 0.4) is 0 Å². The lowest BCUT2D eigenvalue weighted by Crippen LogP contribution is -2.47. The van der Waals surface area contributed by atoms with E-state index in [2.05, 4.69) is 13.2 Å². The Morgan fingerprint density at radius 3 is 2.39 bits per heavy atom. The fourth-order valence-corrected chi connectivity index (χ4v) is 3.86. The van der Waals surface area contributed by atoms with Crippen molar-refractivity contribution in [2.24, 2.45) is 16.7 Å². The number of carbonyl (C=O) groups excluding carboxylic acids is 1. The maximum absolute atomic E-state index is 12.9. The van der Waals surface area contributed by atoms with Crippen molar-refractivity contribution in [3.63, 3.8) is 0 Å². The summed E-state index contributed by atoms with van der Waals surface area (Å²) in [5.74, 6) is 0.0266. The minimum absolute atomic E-state index is 0.0905. The number of fused-ring (bicyclic) bond motifs is 1. The molecule has 2 atom stereocenters. The summed E-state index contributed by atoms with van der Waals surface area (Å²) in [5.41, 5.74) is 0.176. The summed E-state index contributed by atoms with van der Waals surface area (Å²) in [5, 5.41) is 11.1. The standard InChI is InChI=1S/C24H30O4/c1-9-22(3,4)16-13-15-18(25)14-11-12-24(7,8)28-20(14)17(23(5,6)10-2)19(15)27-21(16)26/h9-13,17,19,25H,1-2H2,3-8H3. The lowest BCUT2D eigenvalue weighted by molar-refractivity contribution is -0.149. The molecule has 1 N–H and O–H groups in total. The normalized spacial score (nSPS) is 26.6. The number of allylic oxidation sites excluding steroid dienone is 3. The molecular weight excluding hydrogens is 352 g/mol. The molecule has 0 saturated carbocycles. The molecule has 150 valence electrons. The minimum atomic E-state index is -0.647. The number of aliphatic hydroxyl groups is 1. The summed E-state index contributed by atoms with van der Waals surface area (Å²) in [6, 6.07) is 0. The highest BCUT2D eigenvalue weighted by atomic mass is 16.6. The number of hydrogen-bond acceptors (Lipinski definition) is 4. The van der Waals surface area contributed by atoms with Crippen molar-refractivity contribution in [1.29, 1.82) is 0 Å². The molecule has 3 rings (SSSR count). The van der Waals surface area contributed by atoms with Gasteiger partial charge in [0.2, 0.25) is 0 Å². The molecule has 0 amide bonds. The maximum Gasteiger partial charge on any atom is 0.335 e. The second-order valence-corrected chi connectivity index (χ2v) is 9.43. The number of aliphatic hydroxyl groups excluding tert-OH is 1. The van der Waals surface area contributed by atoms with Gasteiger partial charge in [0.05, 0.1) is 11.5 Å². The highest BCUT2D eigenvalue weighted by Crippen LogP contribution is 2.51. The topological polar surface area (TPSA) is 55.8 Å². The molecule has 0 bridgehead atoms. The van der Waals surface area contributed by atoms with E-state index in [4.69, 9.17) is 9.47 Å². The molecule has 0 aromatic rings. The molecule has 2 unspecified atom stereocenters. The quantitative estimate of drug-likeness (QED) is 0.528. The van der Waals surface area contributed by atoms with E-state index in [0.29, 0.717) is 22.5 Å². The lowest BCUT2D eigenvalue weighted by atomic mass is 9.67. The number of hydrogen-bond donors (Lipinski definition) is 1. The molecule has 0 aromatic carbocycles. The predicted molar refractivity (Wildman–Crippen MR) is 110 cm³/mol. The van der Waals surface area contributed by atoms with Gasteiger partial charge in [0.1, 0.15) is 23.2 Å². The van der Waals surface area contributed by atoms with Crippen LogP contribution in [0.2, 0.25) is 0 Å². The van der Waals surface area contributed by atoms with Crippen LogP contribution in [-0.4, -0.2) is 22.8 Å². The van der Waals surface area contributed by atoms with Gasteiger partial charge in [-0.2, -0.15) is 0 Å². The molecule has 28 heavy (non-hydrogen) atoms. The largest absolute Gasteiger partial charge is 0.507 e. The van der Waals surface area contributed by atoms with E-state index in [1.807, 2.05) is 59.8 Å². The SMILES string of the molecule is C=CC(C)(C)C1=CC2=C(O)C3=C(OC(C)(C)C=C3)C(C(C)(C)C=C)C2OC1=O. The maximum atomic E-state index is 12.9. The van der Waals surface area contributed by atoms with Crippen molar-refractivity contribution in [2.75, 3.05) is 0 Å². The van der Waals surface area contributed by atoms with E-state index in [1.54, 1.807) is 12.2 Å². The molecule has 2 heterocycles. The third-order valence-corrected chi connectivity index (χ3v) is 6.00. The highest BCUT2D eigenvalue weighted by Gasteiger charge is 2.51. The van der Waals surface area contributed by atoms with E-state index in [1.165, 1.54) is 0 Å². The summed E-state index contributed by atoms with van der Waals surface area (Å²) < 4.78 is 12.2. The Kier molecular flexibility index (Phi) is 4.53. The molecule has 3 aliphatic rings. The van der Waals surface area contributed by atoms with Crippen LogP contribution < -0.4 is 0 Å². The van der Waals surface area contributed by atoms with Gasteiger partial charge in [-0.25, -0.2) is 4.79 Å². The van der Waals surface area contributed by atoms with Crippen molar-refractivity contribution in [3.8, 4) is 0 Å². The van der Waals surface area contributed by atoms with Crippen LogP contribution in [0.4, 0.5) is 0 Å². The Bertz CT molecular complexity index is 874. The summed E-state index contributed by atoms with van der Waals surface area (Å²) in [7, 11) is 0. The molecule has 4 nitrogen and oxygen atoms in total. The average molecular weight is 383 g/mol.